The SMILES string of the molecule is CCNC(=NCc1cccnc1OCC)N(C)CCC1CCOCC1. The van der Waals surface area contributed by atoms with E-state index >= 15 is 0 Å². The van der Waals surface area contributed by atoms with Crippen molar-refractivity contribution in [2.24, 2.45) is 10.9 Å². The fourth-order valence-corrected chi connectivity index (χ4v) is 2.96. The van der Waals surface area contributed by atoms with E-state index in [1.807, 2.05) is 19.1 Å². The van der Waals surface area contributed by atoms with Gasteiger partial charge in [-0.25, -0.2) is 9.98 Å². The van der Waals surface area contributed by atoms with Crippen LogP contribution in [0.1, 0.15) is 38.7 Å². The minimum Gasteiger partial charge on any atom is -0.478 e. The minimum atomic E-state index is 0.563. The summed E-state index contributed by atoms with van der Waals surface area (Å²) >= 11 is 0. The summed E-state index contributed by atoms with van der Waals surface area (Å²) < 4.78 is 11.0. The molecule has 1 aromatic rings. The number of ether oxygens (including phenoxy) is 2. The second-order valence-electron chi connectivity index (χ2n) is 6.34. The van der Waals surface area contributed by atoms with Crippen LogP contribution in [0.2, 0.25) is 0 Å². The second kappa shape index (κ2) is 10.9. The monoisotopic (exact) mass is 348 g/mol. The van der Waals surface area contributed by atoms with Crippen LogP contribution in [-0.4, -0.2) is 55.8 Å². The molecule has 1 aliphatic rings. The Morgan fingerprint density at radius 1 is 1.40 bits per heavy atom. The average Bonchev–Trinajstić information content (AvgIpc) is 2.65. The summed E-state index contributed by atoms with van der Waals surface area (Å²) in [5, 5.41) is 3.38. The molecule has 0 bridgehead atoms. The molecule has 0 unspecified atom stereocenters. The molecule has 25 heavy (non-hydrogen) atoms. The number of pyridine rings is 1. The Labute approximate surface area is 151 Å². The van der Waals surface area contributed by atoms with Crippen molar-refractivity contribution in [1.29, 1.82) is 0 Å². The standard InChI is InChI=1S/C19H32N4O2/c1-4-20-19(23(3)12-8-16-9-13-24-14-10-16)22-15-17-7-6-11-21-18(17)25-5-2/h6-7,11,16H,4-5,8-10,12-15H2,1-3H3,(H,20,22). The zero-order chi connectivity index (χ0) is 17.9. The summed E-state index contributed by atoms with van der Waals surface area (Å²) in [6, 6.07) is 3.95. The molecule has 6 heteroatoms. The Hall–Kier alpha value is -1.82. The van der Waals surface area contributed by atoms with Crippen LogP contribution < -0.4 is 10.1 Å². The van der Waals surface area contributed by atoms with Gasteiger partial charge in [-0.2, -0.15) is 0 Å². The van der Waals surface area contributed by atoms with Crippen molar-refractivity contribution in [2.45, 2.75) is 39.7 Å². The molecule has 2 rings (SSSR count). The van der Waals surface area contributed by atoms with Gasteiger partial charge in [-0.15, -0.1) is 0 Å². The number of aliphatic imine (C=N–C) groups is 1. The van der Waals surface area contributed by atoms with Gasteiger partial charge in [0.05, 0.1) is 13.2 Å². The van der Waals surface area contributed by atoms with E-state index in [-0.39, 0.29) is 0 Å². The zero-order valence-electron chi connectivity index (χ0n) is 15.8. The number of guanidine groups is 1. The Balaban J connectivity index is 1.94. The third-order valence-corrected chi connectivity index (χ3v) is 4.44. The quantitative estimate of drug-likeness (QED) is 0.578. The molecule has 1 aromatic heterocycles. The average molecular weight is 348 g/mol. The van der Waals surface area contributed by atoms with Crippen LogP contribution in [0.25, 0.3) is 0 Å². The van der Waals surface area contributed by atoms with Crippen LogP contribution in [0, 0.1) is 5.92 Å². The molecule has 0 spiro atoms. The number of hydrogen-bond donors (Lipinski definition) is 1. The maximum Gasteiger partial charge on any atom is 0.218 e. The van der Waals surface area contributed by atoms with Crippen LogP contribution in [0.15, 0.2) is 23.3 Å². The Morgan fingerprint density at radius 2 is 2.20 bits per heavy atom. The van der Waals surface area contributed by atoms with Gasteiger partial charge in [0.2, 0.25) is 5.88 Å². The first-order valence-electron chi connectivity index (χ1n) is 9.38. The maximum absolute atomic E-state index is 5.59. The molecular weight excluding hydrogens is 316 g/mol. The van der Waals surface area contributed by atoms with Crippen molar-refractivity contribution in [3.8, 4) is 5.88 Å². The number of rotatable bonds is 8. The molecule has 1 saturated heterocycles. The van der Waals surface area contributed by atoms with Crippen molar-refractivity contribution < 1.29 is 9.47 Å². The third-order valence-electron chi connectivity index (χ3n) is 4.44. The van der Waals surface area contributed by atoms with E-state index in [1.54, 1.807) is 6.20 Å². The summed E-state index contributed by atoms with van der Waals surface area (Å²) in [4.78, 5) is 11.3. The van der Waals surface area contributed by atoms with Crippen molar-refractivity contribution in [2.75, 3.05) is 40.0 Å². The van der Waals surface area contributed by atoms with Crippen LogP contribution in [0.3, 0.4) is 0 Å². The highest BCUT2D eigenvalue weighted by Crippen LogP contribution is 2.19. The lowest BCUT2D eigenvalue weighted by molar-refractivity contribution is 0.0625. The number of nitrogens with zero attached hydrogens (tertiary/aromatic N) is 3. The first kappa shape index (κ1) is 19.5. The number of hydrogen-bond acceptors (Lipinski definition) is 4. The molecule has 140 valence electrons. The minimum absolute atomic E-state index is 0.563. The first-order chi connectivity index (χ1) is 12.2. The van der Waals surface area contributed by atoms with Crippen LogP contribution in [0.5, 0.6) is 5.88 Å². The highest BCUT2D eigenvalue weighted by Gasteiger charge is 2.15. The van der Waals surface area contributed by atoms with Gasteiger partial charge >= 0.3 is 0 Å². The Morgan fingerprint density at radius 3 is 2.92 bits per heavy atom. The van der Waals surface area contributed by atoms with Gasteiger partial charge < -0.3 is 19.7 Å². The maximum atomic E-state index is 5.59. The molecule has 1 aliphatic heterocycles. The molecule has 1 fully saturated rings. The summed E-state index contributed by atoms with van der Waals surface area (Å²) in [6.07, 6.45) is 5.29. The molecule has 6 nitrogen and oxygen atoms in total. The smallest absolute Gasteiger partial charge is 0.218 e. The molecule has 0 amide bonds. The lowest BCUT2D eigenvalue weighted by Gasteiger charge is -2.27. The predicted octanol–water partition coefficient (Wildman–Crippen LogP) is 2.69. The number of nitrogens with one attached hydrogen (secondary N) is 1. The Bertz CT molecular complexity index is 530. The van der Waals surface area contributed by atoms with Gasteiger partial charge in [-0.1, -0.05) is 6.07 Å². The van der Waals surface area contributed by atoms with E-state index in [0.717, 1.165) is 43.7 Å². The van der Waals surface area contributed by atoms with Crippen LogP contribution in [0.4, 0.5) is 0 Å². The van der Waals surface area contributed by atoms with Gasteiger partial charge in [0, 0.05) is 45.1 Å². The molecule has 0 aliphatic carbocycles. The largest absolute Gasteiger partial charge is 0.478 e. The Kier molecular flexibility index (Phi) is 8.52. The van der Waals surface area contributed by atoms with E-state index in [4.69, 9.17) is 14.5 Å². The fraction of sp³-hybridized carbons (Fsp3) is 0.684. The molecule has 0 radical (unpaired) electrons. The molecule has 0 saturated carbocycles. The topological polar surface area (TPSA) is 59.0 Å². The van der Waals surface area contributed by atoms with E-state index < -0.39 is 0 Å². The van der Waals surface area contributed by atoms with Crippen molar-refractivity contribution in [3.63, 3.8) is 0 Å². The zero-order valence-corrected chi connectivity index (χ0v) is 15.8. The fourth-order valence-electron chi connectivity index (χ4n) is 2.96. The normalized spacial score (nSPS) is 15.9. The molecule has 0 aromatic carbocycles. The predicted molar refractivity (Wildman–Crippen MR) is 101 cm³/mol. The summed E-state index contributed by atoms with van der Waals surface area (Å²) in [7, 11) is 2.10. The van der Waals surface area contributed by atoms with Crippen molar-refractivity contribution in [3.05, 3.63) is 23.9 Å². The third kappa shape index (κ3) is 6.53. The molecular formula is C19H32N4O2. The second-order valence-corrected chi connectivity index (χ2v) is 6.34. The van der Waals surface area contributed by atoms with Crippen LogP contribution >= 0.6 is 0 Å². The van der Waals surface area contributed by atoms with Crippen molar-refractivity contribution >= 4 is 5.96 Å². The lowest BCUT2D eigenvalue weighted by Crippen LogP contribution is -2.40. The number of aromatic nitrogens is 1. The van der Waals surface area contributed by atoms with Gasteiger partial charge in [0.25, 0.3) is 0 Å². The lowest BCUT2D eigenvalue weighted by atomic mass is 9.96. The molecule has 0 atom stereocenters. The van der Waals surface area contributed by atoms with Gasteiger partial charge in [0.15, 0.2) is 5.96 Å². The highest BCUT2D eigenvalue weighted by molar-refractivity contribution is 5.79. The molecule has 2 heterocycles. The first-order valence-corrected chi connectivity index (χ1v) is 9.38. The summed E-state index contributed by atoms with van der Waals surface area (Å²) in [6.45, 7) is 8.90. The highest BCUT2D eigenvalue weighted by atomic mass is 16.5. The van der Waals surface area contributed by atoms with E-state index in [1.165, 1.54) is 19.3 Å². The van der Waals surface area contributed by atoms with Gasteiger partial charge in [0.1, 0.15) is 0 Å². The molecule has 1 N–H and O–H groups in total. The van der Waals surface area contributed by atoms with E-state index in [2.05, 4.69) is 29.2 Å². The van der Waals surface area contributed by atoms with Gasteiger partial charge in [-0.3, -0.25) is 0 Å². The summed E-state index contributed by atoms with van der Waals surface area (Å²) in [5.41, 5.74) is 1.01. The van der Waals surface area contributed by atoms with E-state index in [9.17, 15) is 0 Å². The van der Waals surface area contributed by atoms with Crippen molar-refractivity contribution in [1.82, 2.24) is 15.2 Å². The van der Waals surface area contributed by atoms with Gasteiger partial charge in [-0.05, 0) is 45.1 Å². The van der Waals surface area contributed by atoms with E-state index in [0.29, 0.717) is 19.0 Å². The summed E-state index contributed by atoms with van der Waals surface area (Å²) in [5.74, 6) is 2.37. The van der Waals surface area contributed by atoms with Crippen LogP contribution in [-0.2, 0) is 11.3 Å².